The summed E-state index contributed by atoms with van der Waals surface area (Å²) in [7, 11) is 0. The summed E-state index contributed by atoms with van der Waals surface area (Å²) in [6.07, 6.45) is 2.36. The van der Waals surface area contributed by atoms with Gasteiger partial charge in [0.1, 0.15) is 5.82 Å². The summed E-state index contributed by atoms with van der Waals surface area (Å²) < 4.78 is 19.6. The van der Waals surface area contributed by atoms with E-state index in [0.717, 1.165) is 25.9 Å². The molecule has 1 fully saturated rings. The molecule has 2 rings (SSSR count). The van der Waals surface area contributed by atoms with Crippen molar-refractivity contribution in [1.29, 1.82) is 0 Å². The highest BCUT2D eigenvalue weighted by Crippen LogP contribution is 2.24. The fourth-order valence-electron chi connectivity index (χ4n) is 2.44. The average molecular weight is 252 g/mol. The van der Waals surface area contributed by atoms with E-state index >= 15 is 0 Å². The Balaban J connectivity index is 2.00. The molecule has 2 atom stereocenters. The van der Waals surface area contributed by atoms with Crippen LogP contribution in [0.3, 0.4) is 0 Å². The molecular formula is C14H21FN2O. The number of nitrogens with zero attached hydrogens (tertiary/aromatic N) is 1. The predicted octanol–water partition coefficient (Wildman–Crippen LogP) is 2.16. The van der Waals surface area contributed by atoms with Crippen LogP contribution in [-0.4, -0.2) is 31.8 Å². The molecule has 4 heteroatoms. The molecule has 18 heavy (non-hydrogen) atoms. The maximum atomic E-state index is 13.7. The second-order valence-corrected chi connectivity index (χ2v) is 4.68. The SMILES string of the molecule is CCN(CC1CCC(CN)O1)c1ccccc1F. The van der Waals surface area contributed by atoms with Crippen LogP contribution in [0.15, 0.2) is 24.3 Å². The molecule has 0 radical (unpaired) electrons. The first kappa shape index (κ1) is 13.3. The third-order valence-corrected chi connectivity index (χ3v) is 3.46. The van der Waals surface area contributed by atoms with Crippen molar-refractivity contribution in [3.8, 4) is 0 Å². The molecule has 1 saturated heterocycles. The second kappa shape index (κ2) is 6.16. The molecule has 0 spiro atoms. The Labute approximate surface area is 108 Å². The van der Waals surface area contributed by atoms with E-state index in [1.54, 1.807) is 6.07 Å². The fourth-order valence-corrected chi connectivity index (χ4v) is 2.44. The summed E-state index contributed by atoms with van der Waals surface area (Å²) in [5.41, 5.74) is 6.25. The van der Waals surface area contributed by atoms with Crippen molar-refractivity contribution in [2.75, 3.05) is 24.5 Å². The lowest BCUT2D eigenvalue weighted by atomic mass is 10.1. The monoisotopic (exact) mass is 252 g/mol. The number of rotatable bonds is 5. The number of benzene rings is 1. The van der Waals surface area contributed by atoms with E-state index in [9.17, 15) is 4.39 Å². The van der Waals surface area contributed by atoms with E-state index in [1.807, 2.05) is 24.0 Å². The zero-order valence-electron chi connectivity index (χ0n) is 10.8. The Kier molecular flexibility index (Phi) is 4.55. The van der Waals surface area contributed by atoms with E-state index in [4.69, 9.17) is 10.5 Å². The first-order chi connectivity index (χ1) is 8.74. The van der Waals surface area contributed by atoms with Crippen LogP contribution in [0.25, 0.3) is 0 Å². The molecule has 0 bridgehead atoms. The van der Waals surface area contributed by atoms with Gasteiger partial charge in [-0.1, -0.05) is 12.1 Å². The van der Waals surface area contributed by atoms with Crippen LogP contribution in [-0.2, 0) is 4.74 Å². The summed E-state index contributed by atoms with van der Waals surface area (Å²) >= 11 is 0. The summed E-state index contributed by atoms with van der Waals surface area (Å²) in [5, 5.41) is 0. The van der Waals surface area contributed by atoms with Crippen LogP contribution in [0.2, 0.25) is 0 Å². The molecule has 1 aliphatic rings. The molecule has 1 aromatic rings. The zero-order chi connectivity index (χ0) is 13.0. The van der Waals surface area contributed by atoms with Gasteiger partial charge in [-0.2, -0.15) is 0 Å². The number of hydrogen-bond donors (Lipinski definition) is 1. The molecule has 1 aliphatic heterocycles. The lowest BCUT2D eigenvalue weighted by Gasteiger charge is -2.26. The Morgan fingerprint density at radius 3 is 2.67 bits per heavy atom. The van der Waals surface area contributed by atoms with Crippen molar-refractivity contribution >= 4 is 5.69 Å². The number of halogens is 1. The molecule has 2 unspecified atom stereocenters. The highest BCUT2D eigenvalue weighted by molar-refractivity contribution is 5.47. The van der Waals surface area contributed by atoms with Crippen molar-refractivity contribution in [1.82, 2.24) is 0 Å². The van der Waals surface area contributed by atoms with Crippen LogP contribution in [0.4, 0.5) is 10.1 Å². The lowest BCUT2D eigenvalue weighted by molar-refractivity contribution is 0.0543. The van der Waals surface area contributed by atoms with Crippen LogP contribution in [0.5, 0.6) is 0 Å². The highest BCUT2D eigenvalue weighted by atomic mass is 19.1. The van der Waals surface area contributed by atoms with E-state index < -0.39 is 0 Å². The fraction of sp³-hybridized carbons (Fsp3) is 0.571. The number of likely N-dealkylation sites (N-methyl/N-ethyl adjacent to an activating group) is 1. The molecule has 1 aromatic carbocycles. The van der Waals surface area contributed by atoms with Gasteiger partial charge in [0, 0.05) is 19.6 Å². The number of para-hydroxylation sites is 1. The lowest BCUT2D eigenvalue weighted by Crippen LogP contribution is -2.33. The molecule has 2 N–H and O–H groups in total. The van der Waals surface area contributed by atoms with Crippen molar-refractivity contribution in [3.05, 3.63) is 30.1 Å². The van der Waals surface area contributed by atoms with Crippen molar-refractivity contribution in [3.63, 3.8) is 0 Å². The molecule has 3 nitrogen and oxygen atoms in total. The number of nitrogens with two attached hydrogens (primary N) is 1. The Hall–Kier alpha value is -1.13. The Morgan fingerprint density at radius 2 is 2.06 bits per heavy atom. The minimum atomic E-state index is -0.173. The van der Waals surface area contributed by atoms with Crippen LogP contribution in [0, 0.1) is 5.82 Å². The van der Waals surface area contributed by atoms with Crippen molar-refractivity contribution in [2.24, 2.45) is 5.73 Å². The summed E-state index contributed by atoms with van der Waals surface area (Å²) in [6.45, 7) is 4.10. The Morgan fingerprint density at radius 1 is 1.33 bits per heavy atom. The second-order valence-electron chi connectivity index (χ2n) is 4.68. The number of hydrogen-bond acceptors (Lipinski definition) is 3. The molecule has 0 saturated carbocycles. The first-order valence-electron chi connectivity index (χ1n) is 6.59. The first-order valence-corrected chi connectivity index (χ1v) is 6.59. The third kappa shape index (κ3) is 3.00. The average Bonchev–Trinajstić information content (AvgIpc) is 2.85. The largest absolute Gasteiger partial charge is 0.372 e. The van der Waals surface area contributed by atoms with Gasteiger partial charge in [-0.15, -0.1) is 0 Å². The maximum Gasteiger partial charge on any atom is 0.146 e. The minimum Gasteiger partial charge on any atom is -0.372 e. The van der Waals surface area contributed by atoms with Crippen LogP contribution in [0.1, 0.15) is 19.8 Å². The van der Waals surface area contributed by atoms with Gasteiger partial charge in [0.2, 0.25) is 0 Å². The molecular weight excluding hydrogens is 231 g/mol. The topological polar surface area (TPSA) is 38.5 Å². The van der Waals surface area contributed by atoms with Gasteiger partial charge in [0.15, 0.2) is 0 Å². The zero-order valence-corrected chi connectivity index (χ0v) is 10.8. The minimum absolute atomic E-state index is 0.165. The highest BCUT2D eigenvalue weighted by Gasteiger charge is 2.26. The van der Waals surface area contributed by atoms with E-state index in [-0.39, 0.29) is 18.0 Å². The van der Waals surface area contributed by atoms with E-state index in [2.05, 4.69) is 0 Å². The normalized spacial score (nSPS) is 23.3. The molecule has 0 amide bonds. The standard InChI is InChI=1S/C14H21FN2O/c1-2-17(14-6-4-3-5-13(14)15)10-12-8-7-11(9-16)18-12/h3-6,11-12H,2,7-10,16H2,1H3. The quantitative estimate of drug-likeness (QED) is 0.872. The molecule has 0 aliphatic carbocycles. The summed E-state index contributed by atoms with van der Waals surface area (Å²) in [4.78, 5) is 2.03. The van der Waals surface area contributed by atoms with Gasteiger partial charge in [0.25, 0.3) is 0 Å². The molecule has 0 aromatic heterocycles. The number of ether oxygens (including phenoxy) is 1. The molecule has 100 valence electrons. The third-order valence-electron chi connectivity index (χ3n) is 3.46. The van der Waals surface area contributed by atoms with Gasteiger partial charge in [-0.05, 0) is 31.9 Å². The van der Waals surface area contributed by atoms with Gasteiger partial charge in [0.05, 0.1) is 17.9 Å². The smallest absolute Gasteiger partial charge is 0.146 e. The van der Waals surface area contributed by atoms with E-state index in [1.165, 1.54) is 6.07 Å². The van der Waals surface area contributed by atoms with Gasteiger partial charge in [-0.25, -0.2) is 4.39 Å². The van der Waals surface area contributed by atoms with Crippen LogP contribution < -0.4 is 10.6 Å². The van der Waals surface area contributed by atoms with Gasteiger partial charge < -0.3 is 15.4 Å². The van der Waals surface area contributed by atoms with Gasteiger partial charge >= 0.3 is 0 Å². The van der Waals surface area contributed by atoms with E-state index in [0.29, 0.717) is 12.2 Å². The number of anilines is 1. The predicted molar refractivity (Wildman–Crippen MR) is 71.2 cm³/mol. The van der Waals surface area contributed by atoms with Gasteiger partial charge in [-0.3, -0.25) is 0 Å². The molecule has 1 heterocycles. The summed E-state index contributed by atoms with van der Waals surface area (Å²) in [6, 6.07) is 6.88. The van der Waals surface area contributed by atoms with Crippen molar-refractivity contribution < 1.29 is 9.13 Å². The summed E-state index contributed by atoms with van der Waals surface area (Å²) in [5.74, 6) is -0.173. The Bertz CT molecular complexity index is 386. The maximum absolute atomic E-state index is 13.7. The van der Waals surface area contributed by atoms with Crippen molar-refractivity contribution in [2.45, 2.75) is 32.0 Å². The van der Waals surface area contributed by atoms with Crippen LogP contribution >= 0.6 is 0 Å².